The fourth-order valence-corrected chi connectivity index (χ4v) is 2.26. The molecular formula is C15H18F2N2O4. The lowest BCUT2D eigenvalue weighted by atomic mass is 10.2. The van der Waals surface area contributed by atoms with Gasteiger partial charge >= 0.3 is 6.61 Å². The highest BCUT2D eigenvalue weighted by Gasteiger charge is 2.22. The highest BCUT2D eigenvalue weighted by Crippen LogP contribution is 2.20. The first-order chi connectivity index (χ1) is 11.0. The lowest BCUT2D eigenvalue weighted by molar-refractivity contribution is -0.137. The minimum Gasteiger partial charge on any atom is -0.434 e. The second kappa shape index (κ2) is 7.87. The van der Waals surface area contributed by atoms with Gasteiger partial charge in [-0.3, -0.25) is 9.59 Å². The molecule has 2 amide bonds. The van der Waals surface area contributed by atoms with Crippen molar-refractivity contribution in [1.82, 2.24) is 10.2 Å². The number of ether oxygens (including phenoxy) is 2. The number of para-hydroxylation sites is 1. The standard InChI is InChI=1S/C15H18F2N2O4/c1-10-9-19(6-7-22-10)13(20)8-18-14(21)11-4-2-3-5-12(11)23-15(16)17/h2-5,10,15H,6-9H2,1H3,(H,18,21). The number of hydrogen-bond acceptors (Lipinski definition) is 4. The van der Waals surface area contributed by atoms with Crippen LogP contribution in [0.3, 0.4) is 0 Å². The van der Waals surface area contributed by atoms with Gasteiger partial charge in [-0.1, -0.05) is 12.1 Å². The van der Waals surface area contributed by atoms with Crippen LogP contribution in [-0.2, 0) is 9.53 Å². The number of carbonyl (C=O) groups excluding carboxylic acids is 2. The third-order valence-electron chi connectivity index (χ3n) is 3.34. The third kappa shape index (κ3) is 4.88. The number of amides is 2. The Bertz CT molecular complexity index is 568. The Kier molecular flexibility index (Phi) is 5.86. The molecule has 0 spiro atoms. The molecule has 0 saturated carbocycles. The first-order valence-corrected chi connectivity index (χ1v) is 7.19. The van der Waals surface area contributed by atoms with E-state index in [2.05, 4.69) is 10.1 Å². The van der Waals surface area contributed by atoms with E-state index in [4.69, 9.17) is 4.74 Å². The molecule has 6 nitrogen and oxygen atoms in total. The molecule has 0 aromatic heterocycles. The smallest absolute Gasteiger partial charge is 0.387 e. The number of hydrogen-bond donors (Lipinski definition) is 1. The van der Waals surface area contributed by atoms with Gasteiger partial charge in [-0.2, -0.15) is 8.78 Å². The molecule has 1 unspecified atom stereocenters. The van der Waals surface area contributed by atoms with Crippen LogP contribution in [-0.4, -0.2) is 55.7 Å². The van der Waals surface area contributed by atoms with Gasteiger partial charge < -0.3 is 19.7 Å². The van der Waals surface area contributed by atoms with Crippen molar-refractivity contribution in [2.75, 3.05) is 26.2 Å². The molecule has 1 N–H and O–H groups in total. The van der Waals surface area contributed by atoms with Gasteiger partial charge in [-0.25, -0.2) is 0 Å². The zero-order valence-corrected chi connectivity index (χ0v) is 12.6. The van der Waals surface area contributed by atoms with E-state index in [-0.39, 0.29) is 29.9 Å². The van der Waals surface area contributed by atoms with Gasteiger partial charge in [0.2, 0.25) is 5.91 Å². The molecule has 1 atom stereocenters. The second-order valence-electron chi connectivity index (χ2n) is 5.08. The van der Waals surface area contributed by atoms with Crippen LogP contribution in [0.25, 0.3) is 0 Å². The van der Waals surface area contributed by atoms with E-state index in [1.54, 1.807) is 4.90 Å². The van der Waals surface area contributed by atoms with Crippen molar-refractivity contribution in [2.24, 2.45) is 0 Å². The largest absolute Gasteiger partial charge is 0.434 e. The topological polar surface area (TPSA) is 67.9 Å². The number of rotatable bonds is 5. The number of halogens is 2. The van der Waals surface area contributed by atoms with Crippen LogP contribution in [0, 0.1) is 0 Å². The molecule has 1 aliphatic heterocycles. The molecule has 0 radical (unpaired) electrons. The first kappa shape index (κ1) is 17.1. The normalized spacial score (nSPS) is 17.9. The average Bonchev–Trinajstić information content (AvgIpc) is 2.52. The van der Waals surface area contributed by atoms with E-state index in [0.717, 1.165) is 0 Å². The maximum atomic E-state index is 12.3. The molecule has 1 aromatic rings. The van der Waals surface area contributed by atoms with Crippen molar-refractivity contribution in [3.05, 3.63) is 29.8 Å². The number of carbonyl (C=O) groups is 2. The van der Waals surface area contributed by atoms with E-state index in [0.29, 0.717) is 19.7 Å². The molecule has 126 valence electrons. The number of nitrogens with one attached hydrogen (secondary N) is 1. The van der Waals surface area contributed by atoms with E-state index < -0.39 is 12.5 Å². The number of alkyl halides is 2. The Morgan fingerprint density at radius 3 is 2.87 bits per heavy atom. The number of benzene rings is 1. The number of morpholine rings is 1. The number of nitrogens with zero attached hydrogens (tertiary/aromatic N) is 1. The van der Waals surface area contributed by atoms with Crippen molar-refractivity contribution in [3.63, 3.8) is 0 Å². The molecule has 23 heavy (non-hydrogen) atoms. The highest BCUT2D eigenvalue weighted by atomic mass is 19.3. The molecule has 0 aliphatic carbocycles. The maximum absolute atomic E-state index is 12.3. The zero-order chi connectivity index (χ0) is 16.8. The van der Waals surface area contributed by atoms with E-state index in [9.17, 15) is 18.4 Å². The summed E-state index contributed by atoms with van der Waals surface area (Å²) in [6.07, 6.45) is -0.0523. The van der Waals surface area contributed by atoms with Crippen molar-refractivity contribution < 1.29 is 27.8 Å². The minimum absolute atomic E-state index is 0.0454. The van der Waals surface area contributed by atoms with Crippen molar-refractivity contribution in [3.8, 4) is 5.75 Å². The summed E-state index contributed by atoms with van der Waals surface area (Å²) < 4.78 is 34.3. The Hall–Kier alpha value is -2.22. The van der Waals surface area contributed by atoms with Gasteiger partial charge in [0.05, 0.1) is 24.8 Å². The Balaban J connectivity index is 1.93. The Morgan fingerprint density at radius 2 is 2.17 bits per heavy atom. The summed E-state index contributed by atoms with van der Waals surface area (Å²) >= 11 is 0. The predicted molar refractivity (Wildman–Crippen MR) is 77.4 cm³/mol. The maximum Gasteiger partial charge on any atom is 0.387 e. The fourth-order valence-electron chi connectivity index (χ4n) is 2.26. The van der Waals surface area contributed by atoms with Crippen LogP contribution in [0.4, 0.5) is 8.78 Å². The van der Waals surface area contributed by atoms with Crippen LogP contribution < -0.4 is 10.1 Å². The van der Waals surface area contributed by atoms with Crippen LogP contribution in [0.2, 0.25) is 0 Å². The molecule has 0 bridgehead atoms. The van der Waals surface area contributed by atoms with Crippen LogP contribution in [0.15, 0.2) is 24.3 Å². The summed E-state index contributed by atoms with van der Waals surface area (Å²) in [4.78, 5) is 25.7. The van der Waals surface area contributed by atoms with Crippen LogP contribution >= 0.6 is 0 Å². The molecular weight excluding hydrogens is 310 g/mol. The summed E-state index contributed by atoms with van der Waals surface area (Å²) in [5.74, 6) is -1.12. The van der Waals surface area contributed by atoms with Crippen molar-refractivity contribution in [2.45, 2.75) is 19.6 Å². The second-order valence-corrected chi connectivity index (χ2v) is 5.08. The van der Waals surface area contributed by atoms with Crippen molar-refractivity contribution in [1.29, 1.82) is 0 Å². The minimum atomic E-state index is -3.03. The lowest BCUT2D eigenvalue weighted by Gasteiger charge is -2.31. The highest BCUT2D eigenvalue weighted by molar-refractivity contribution is 5.98. The third-order valence-corrected chi connectivity index (χ3v) is 3.34. The van der Waals surface area contributed by atoms with E-state index in [1.807, 2.05) is 6.92 Å². The van der Waals surface area contributed by atoms with Crippen LogP contribution in [0.1, 0.15) is 17.3 Å². The summed E-state index contributed by atoms with van der Waals surface area (Å²) in [6, 6.07) is 5.63. The molecule has 2 rings (SSSR count). The summed E-state index contributed by atoms with van der Waals surface area (Å²) in [6.45, 7) is -0.0132. The Labute approximate surface area is 132 Å². The predicted octanol–water partition coefficient (Wildman–Crippen LogP) is 1.27. The van der Waals surface area contributed by atoms with E-state index >= 15 is 0 Å². The molecule has 1 fully saturated rings. The molecule has 1 aromatic carbocycles. The van der Waals surface area contributed by atoms with Gasteiger partial charge in [0, 0.05) is 13.1 Å². The first-order valence-electron chi connectivity index (χ1n) is 7.19. The van der Waals surface area contributed by atoms with Gasteiger partial charge in [0.15, 0.2) is 0 Å². The van der Waals surface area contributed by atoms with E-state index in [1.165, 1.54) is 24.3 Å². The van der Waals surface area contributed by atoms with Gasteiger partial charge in [0.25, 0.3) is 5.91 Å². The van der Waals surface area contributed by atoms with Gasteiger partial charge in [0.1, 0.15) is 5.75 Å². The molecule has 1 saturated heterocycles. The quantitative estimate of drug-likeness (QED) is 0.884. The monoisotopic (exact) mass is 328 g/mol. The molecule has 1 heterocycles. The zero-order valence-electron chi connectivity index (χ0n) is 12.6. The average molecular weight is 328 g/mol. The fraction of sp³-hybridized carbons (Fsp3) is 0.467. The molecule has 8 heteroatoms. The van der Waals surface area contributed by atoms with Gasteiger partial charge in [-0.05, 0) is 19.1 Å². The van der Waals surface area contributed by atoms with Gasteiger partial charge in [-0.15, -0.1) is 0 Å². The Morgan fingerprint density at radius 1 is 1.43 bits per heavy atom. The van der Waals surface area contributed by atoms with Crippen LogP contribution in [0.5, 0.6) is 5.75 Å². The molecule has 1 aliphatic rings. The SMILES string of the molecule is CC1CN(C(=O)CNC(=O)c2ccccc2OC(F)F)CCO1. The lowest BCUT2D eigenvalue weighted by Crippen LogP contribution is -2.48. The summed E-state index contributed by atoms with van der Waals surface area (Å²) in [5.41, 5.74) is -0.0454. The summed E-state index contributed by atoms with van der Waals surface area (Å²) in [7, 11) is 0. The summed E-state index contributed by atoms with van der Waals surface area (Å²) in [5, 5.41) is 2.43. The van der Waals surface area contributed by atoms with Crippen molar-refractivity contribution >= 4 is 11.8 Å².